The summed E-state index contributed by atoms with van der Waals surface area (Å²) in [6.07, 6.45) is 0. The molecular formula is C15H13N3O3. The Bertz CT molecular complexity index is 811. The van der Waals surface area contributed by atoms with Crippen LogP contribution in [-0.2, 0) is 6.54 Å². The van der Waals surface area contributed by atoms with Crippen LogP contribution in [0.15, 0.2) is 46.9 Å². The zero-order valence-corrected chi connectivity index (χ0v) is 11.4. The van der Waals surface area contributed by atoms with Crippen molar-refractivity contribution in [2.45, 2.75) is 13.5 Å². The Labute approximate surface area is 120 Å². The Kier molecular flexibility index (Phi) is 3.27. The predicted molar refractivity (Wildman–Crippen MR) is 79.2 cm³/mol. The molecule has 0 saturated carbocycles. The number of nitro benzene ring substituents is 1. The van der Waals surface area contributed by atoms with Crippen LogP contribution < -0.4 is 5.32 Å². The van der Waals surface area contributed by atoms with Gasteiger partial charge in [-0.15, -0.1) is 0 Å². The number of benzene rings is 2. The maximum atomic E-state index is 10.7. The fourth-order valence-electron chi connectivity index (χ4n) is 2.10. The van der Waals surface area contributed by atoms with Gasteiger partial charge in [-0.2, -0.15) is 4.98 Å². The molecule has 0 aliphatic heterocycles. The molecule has 0 radical (unpaired) electrons. The van der Waals surface area contributed by atoms with Crippen LogP contribution in [0.25, 0.3) is 11.1 Å². The third-order valence-corrected chi connectivity index (χ3v) is 3.11. The number of non-ortho nitro benzene ring substituents is 1. The minimum atomic E-state index is -0.450. The van der Waals surface area contributed by atoms with Gasteiger partial charge in [-0.1, -0.05) is 29.8 Å². The fraction of sp³-hybridized carbons (Fsp3) is 0.133. The number of oxazole rings is 1. The molecule has 2 aromatic carbocycles. The summed E-state index contributed by atoms with van der Waals surface area (Å²) in [6.45, 7) is 2.61. The Hall–Kier alpha value is -2.89. The Balaban J connectivity index is 1.80. The van der Waals surface area contributed by atoms with Crippen LogP contribution in [0.4, 0.5) is 11.7 Å². The number of anilines is 1. The Morgan fingerprint density at radius 1 is 1.29 bits per heavy atom. The second-order valence-electron chi connectivity index (χ2n) is 4.77. The van der Waals surface area contributed by atoms with Crippen molar-refractivity contribution in [3.8, 4) is 0 Å². The van der Waals surface area contributed by atoms with Gasteiger partial charge in [0.2, 0.25) is 0 Å². The lowest BCUT2D eigenvalue weighted by atomic mass is 10.1. The number of aryl methyl sites for hydroxylation is 1. The number of rotatable bonds is 4. The van der Waals surface area contributed by atoms with Crippen molar-refractivity contribution in [1.82, 2.24) is 4.98 Å². The van der Waals surface area contributed by atoms with E-state index in [9.17, 15) is 10.1 Å². The molecule has 0 spiro atoms. The first kappa shape index (κ1) is 13.1. The number of aromatic nitrogens is 1. The Morgan fingerprint density at radius 3 is 2.90 bits per heavy atom. The van der Waals surface area contributed by atoms with Gasteiger partial charge in [0.25, 0.3) is 11.7 Å². The van der Waals surface area contributed by atoms with Crippen molar-refractivity contribution < 1.29 is 9.34 Å². The van der Waals surface area contributed by atoms with E-state index in [1.165, 1.54) is 17.7 Å². The number of nitrogens with one attached hydrogen (secondary N) is 1. The van der Waals surface area contributed by atoms with E-state index in [2.05, 4.69) is 16.4 Å². The van der Waals surface area contributed by atoms with E-state index in [1.807, 2.05) is 25.1 Å². The molecule has 0 atom stereocenters. The van der Waals surface area contributed by atoms with Gasteiger partial charge in [-0.25, -0.2) is 0 Å². The number of fused-ring (bicyclic) bond motifs is 1. The van der Waals surface area contributed by atoms with Crippen molar-refractivity contribution in [2.75, 3.05) is 5.32 Å². The molecule has 0 bridgehead atoms. The van der Waals surface area contributed by atoms with Crippen LogP contribution in [0.1, 0.15) is 11.1 Å². The third kappa shape index (κ3) is 2.84. The molecule has 0 amide bonds. The maximum absolute atomic E-state index is 10.7. The van der Waals surface area contributed by atoms with E-state index >= 15 is 0 Å². The van der Waals surface area contributed by atoms with Crippen molar-refractivity contribution in [2.24, 2.45) is 0 Å². The smallest absolute Gasteiger partial charge is 0.295 e. The lowest BCUT2D eigenvalue weighted by molar-refractivity contribution is -0.384. The van der Waals surface area contributed by atoms with Crippen molar-refractivity contribution in [3.63, 3.8) is 0 Å². The molecular weight excluding hydrogens is 270 g/mol. The molecule has 1 heterocycles. The van der Waals surface area contributed by atoms with Crippen LogP contribution in [-0.4, -0.2) is 9.91 Å². The summed E-state index contributed by atoms with van der Waals surface area (Å²) in [5.74, 6) is 0. The van der Waals surface area contributed by atoms with Gasteiger partial charge in [-0.05, 0) is 18.6 Å². The van der Waals surface area contributed by atoms with Crippen LogP contribution in [0, 0.1) is 17.0 Å². The maximum Gasteiger partial charge on any atom is 0.295 e. The predicted octanol–water partition coefficient (Wildman–Crippen LogP) is 3.66. The van der Waals surface area contributed by atoms with E-state index < -0.39 is 4.92 Å². The summed E-state index contributed by atoms with van der Waals surface area (Å²) in [5.41, 5.74) is 3.29. The summed E-state index contributed by atoms with van der Waals surface area (Å²) in [5, 5.41) is 13.8. The summed E-state index contributed by atoms with van der Waals surface area (Å²) in [6, 6.07) is 12.8. The van der Waals surface area contributed by atoms with Gasteiger partial charge in [-0.3, -0.25) is 10.1 Å². The van der Waals surface area contributed by atoms with Gasteiger partial charge in [0.05, 0.1) is 4.92 Å². The molecule has 1 aromatic heterocycles. The van der Waals surface area contributed by atoms with Gasteiger partial charge < -0.3 is 9.73 Å². The highest BCUT2D eigenvalue weighted by Gasteiger charge is 2.11. The van der Waals surface area contributed by atoms with E-state index in [-0.39, 0.29) is 5.69 Å². The number of hydrogen-bond donors (Lipinski definition) is 1. The van der Waals surface area contributed by atoms with E-state index in [0.29, 0.717) is 23.7 Å². The highest BCUT2D eigenvalue weighted by atomic mass is 16.6. The molecule has 6 heteroatoms. The summed E-state index contributed by atoms with van der Waals surface area (Å²) < 4.78 is 5.51. The van der Waals surface area contributed by atoms with Gasteiger partial charge in [0.15, 0.2) is 5.58 Å². The first-order chi connectivity index (χ1) is 10.1. The van der Waals surface area contributed by atoms with Gasteiger partial charge in [0, 0.05) is 18.7 Å². The number of hydrogen-bond acceptors (Lipinski definition) is 5. The zero-order chi connectivity index (χ0) is 14.8. The Morgan fingerprint density at radius 2 is 2.14 bits per heavy atom. The monoisotopic (exact) mass is 283 g/mol. The van der Waals surface area contributed by atoms with Crippen LogP contribution in [0.3, 0.4) is 0 Å². The standard InChI is InChI=1S/C15H13N3O3/c1-10-3-2-4-11(7-10)9-16-15-17-13-8-12(18(19)20)5-6-14(13)21-15/h2-8H,9H2,1H3,(H,16,17). The topological polar surface area (TPSA) is 81.2 Å². The van der Waals surface area contributed by atoms with Crippen LogP contribution in [0.5, 0.6) is 0 Å². The SMILES string of the molecule is Cc1cccc(CNc2nc3cc([N+](=O)[O-])ccc3o2)c1. The molecule has 6 nitrogen and oxygen atoms in total. The number of nitro groups is 1. The lowest BCUT2D eigenvalue weighted by Gasteiger charge is -2.02. The van der Waals surface area contributed by atoms with Crippen molar-refractivity contribution >= 4 is 22.8 Å². The van der Waals surface area contributed by atoms with Crippen molar-refractivity contribution in [1.29, 1.82) is 0 Å². The van der Waals surface area contributed by atoms with Crippen molar-refractivity contribution in [3.05, 3.63) is 63.7 Å². The zero-order valence-electron chi connectivity index (χ0n) is 11.4. The molecule has 0 aliphatic carbocycles. The molecule has 106 valence electrons. The quantitative estimate of drug-likeness (QED) is 0.583. The van der Waals surface area contributed by atoms with E-state index in [0.717, 1.165) is 5.56 Å². The molecule has 0 aliphatic rings. The fourth-order valence-corrected chi connectivity index (χ4v) is 2.10. The second kappa shape index (κ2) is 5.24. The molecule has 0 unspecified atom stereocenters. The minimum absolute atomic E-state index is 0.000958. The molecule has 3 aromatic rings. The molecule has 21 heavy (non-hydrogen) atoms. The highest BCUT2D eigenvalue weighted by Crippen LogP contribution is 2.23. The lowest BCUT2D eigenvalue weighted by Crippen LogP contribution is -1.99. The normalized spacial score (nSPS) is 10.7. The minimum Gasteiger partial charge on any atom is -0.424 e. The number of nitrogens with zero attached hydrogens (tertiary/aromatic N) is 2. The second-order valence-corrected chi connectivity index (χ2v) is 4.77. The summed E-state index contributed by atoms with van der Waals surface area (Å²) in [7, 11) is 0. The van der Waals surface area contributed by atoms with E-state index in [4.69, 9.17) is 4.42 Å². The first-order valence-electron chi connectivity index (χ1n) is 6.46. The summed E-state index contributed by atoms with van der Waals surface area (Å²) >= 11 is 0. The average Bonchev–Trinajstić information content (AvgIpc) is 2.87. The van der Waals surface area contributed by atoms with Crippen LogP contribution >= 0.6 is 0 Å². The molecule has 0 fully saturated rings. The molecule has 3 rings (SSSR count). The average molecular weight is 283 g/mol. The van der Waals surface area contributed by atoms with E-state index in [1.54, 1.807) is 6.07 Å². The highest BCUT2D eigenvalue weighted by molar-refractivity contribution is 5.77. The van der Waals surface area contributed by atoms with Gasteiger partial charge in [0.1, 0.15) is 5.52 Å². The van der Waals surface area contributed by atoms with Gasteiger partial charge >= 0.3 is 0 Å². The first-order valence-corrected chi connectivity index (χ1v) is 6.46. The largest absolute Gasteiger partial charge is 0.424 e. The third-order valence-electron chi connectivity index (χ3n) is 3.11. The summed E-state index contributed by atoms with van der Waals surface area (Å²) in [4.78, 5) is 14.5. The molecule has 0 saturated heterocycles. The molecule has 1 N–H and O–H groups in total. The van der Waals surface area contributed by atoms with Crippen LogP contribution in [0.2, 0.25) is 0 Å².